The molecule has 0 atom stereocenters. The number of aryl methyl sites for hydroxylation is 1. The number of nitrogens with zero attached hydrogens (tertiary/aromatic N) is 3. The zero-order valence-corrected chi connectivity index (χ0v) is 17.9. The van der Waals surface area contributed by atoms with Crippen molar-refractivity contribution in [3.8, 4) is 11.1 Å². The molecule has 0 spiro atoms. The van der Waals surface area contributed by atoms with Crippen LogP contribution in [0, 0.1) is 0 Å². The lowest BCUT2D eigenvalue weighted by molar-refractivity contribution is -0.114. The van der Waals surface area contributed by atoms with Crippen molar-refractivity contribution in [3.05, 3.63) is 51.8 Å². The summed E-state index contributed by atoms with van der Waals surface area (Å²) in [6, 6.07) is 9.83. The van der Waals surface area contributed by atoms with E-state index < -0.39 is 0 Å². The Kier molecular flexibility index (Phi) is 5.54. The maximum atomic E-state index is 12.8. The molecule has 0 bridgehead atoms. The number of likely N-dealkylation sites (N-methyl/N-ethyl adjacent to an activating group) is 1. The summed E-state index contributed by atoms with van der Waals surface area (Å²) in [5.41, 5.74) is 2.79. The number of carbonyl (C=O) groups excluding carboxylic acids is 1. The van der Waals surface area contributed by atoms with E-state index in [0.717, 1.165) is 59.6 Å². The first kappa shape index (κ1) is 19.8. The van der Waals surface area contributed by atoms with Gasteiger partial charge in [-0.05, 0) is 30.8 Å². The minimum Gasteiger partial charge on any atom is -0.326 e. The van der Waals surface area contributed by atoms with E-state index in [4.69, 9.17) is 0 Å². The van der Waals surface area contributed by atoms with E-state index >= 15 is 0 Å². The number of amides is 1. The number of rotatable bonds is 4. The van der Waals surface area contributed by atoms with Crippen LogP contribution >= 0.6 is 11.3 Å². The Morgan fingerprint density at radius 1 is 1.14 bits per heavy atom. The minimum atomic E-state index is -0.0988. The van der Waals surface area contributed by atoms with E-state index in [0.29, 0.717) is 0 Å². The van der Waals surface area contributed by atoms with Gasteiger partial charge < -0.3 is 14.8 Å². The number of thiophene rings is 1. The van der Waals surface area contributed by atoms with Crippen molar-refractivity contribution in [2.75, 3.05) is 38.5 Å². The number of hydrogen-bond donors (Lipinski definition) is 1. The molecule has 4 rings (SSSR count). The number of carbonyl (C=O) groups is 1. The van der Waals surface area contributed by atoms with E-state index in [1.54, 1.807) is 23.0 Å². The highest BCUT2D eigenvalue weighted by molar-refractivity contribution is 7.19. The van der Waals surface area contributed by atoms with Crippen molar-refractivity contribution >= 4 is 33.0 Å². The highest BCUT2D eigenvalue weighted by Crippen LogP contribution is 2.34. The summed E-state index contributed by atoms with van der Waals surface area (Å²) in [7, 11) is 3.95. The zero-order valence-electron chi connectivity index (χ0n) is 17.1. The molecular formula is C22H26N4O2S. The Labute approximate surface area is 174 Å². The number of aromatic nitrogens is 1. The van der Waals surface area contributed by atoms with Crippen LogP contribution in [0.15, 0.2) is 41.3 Å². The Hall–Kier alpha value is -2.48. The van der Waals surface area contributed by atoms with Crippen molar-refractivity contribution in [1.82, 2.24) is 14.4 Å². The first-order valence-corrected chi connectivity index (χ1v) is 10.6. The van der Waals surface area contributed by atoms with Gasteiger partial charge in [-0.3, -0.25) is 14.5 Å². The Morgan fingerprint density at radius 2 is 1.90 bits per heavy atom. The van der Waals surface area contributed by atoms with E-state index in [9.17, 15) is 9.59 Å². The molecule has 0 saturated carbocycles. The molecule has 1 fully saturated rings. The SMILES string of the molecule is CC(=O)Nc1cccc(-c2cn(C)c(=O)c3cc(CN4CCN(C)CC4)sc23)c1. The zero-order chi connectivity index (χ0) is 20.5. The van der Waals surface area contributed by atoms with E-state index in [2.05, 4.69) is 28.2 Å². The van der Waals surface area contributed by atoms with Crippen molar-refractivity contribution in [3.63, 3.8) is 0 Å². The smallest absolute Gasteiger partial charge is 0.259 e. The van der Waals surface area contributed by atoms with Crippen LogP contribution in [0.1, 0.15) is 11.8 Å². The molecule has 152 valence electrons. The van der Waals surface area contributed by atoms with Crippen LogP contribution in [0.4, 0.5) is 5.69 Å². The van der Waals surface area contributed by atoms with Crippen molar-refractivity contribution in [2.24, 2.45) is 7.05 Å². The molecule has 1 aromatic carbocycles. The predicted molar refractivity (Wildman–Crippen MR) is 120 cm³/mol. The Morgan fingerprint density at radius 3 is 2.62 bits per heavy atom. The molecule has 0 aliphatic carbocycles. The summed E-state index contributed by atoms with van der Waals surface area (Å²) in [6.07, 6.45) is 1.90. The summed E-state index contributed by atoms with van der Waals surface area (Å²) >= 11 is 1.70. The van der Waals surface area contributed by atoms with Crippen molar-refractivity contribution < 1.29 is 4.79 Å². The van der Waals surface area contributed by atoms with Gasteiger partial charge >= 0.3 is 0 Å². The van der Waals surface area contributed by atoms with Gasteiger partial charge in [0, 0.05) is 73.7 Å². The molecule has 3 heterocycles. The lowest BCUT2D eigenvalue weighted by Gasteiger charge is -2.31. The third-order valence-corrected chi connectivity index (χ3v) is 6.52. The van der Waals surface area contributed by atoms with Gasteiger partial charge in [0.1, 0.15) is 0 Å². The summed E-state index contributed by atoms with van der Waals surface area (Å²) in [5.74, 6) is -0.0988. The maximum Gasteiger partial charge on any atom is 0.259 e. The van der Waals surface area contributed by atoms with Crippen LogP contribution in [0.25, 0.3) is 21.2 Å². The molecule has 3 aromatic rings. The lowest BCUT2D eigenvalue weighted by Crippen LogP contribution is -2.43. The van der Waals surface area contributed by atoms with Crippen LogP contribution in [-0.2, 0) is 18.4 Å². The number of piperazine rings is 1. The fourth-order valence-electron chi connectivity index (χ4n) is 3.78. The number of pyridine rings is 1. The standard InChI is InChI=1S/C22H26N4O2S/c1-15(27)23-17-6-4-5-16(11-17)20-14-25(3)22(28)19-12-18(29-21(19)20)13-26-9-7-24(2)8-10-26/h4-6,11-12,14H,7-10,13H2,1-3H3,(H,23,27). The van der Waals surface area contributed by atoms with E-state index in [1.807, 2.05) is 30.5 Å². The predicted octanol–water partition coefficient (Wildman–Crippen LogP) is 2.97. The number of benzene rings is 1. The second-order valence-corrected chi connectivity index (χ2v) is 8.89. The third-order valence-electron chi connectivity index (χ3n) is 5.37. The molecule has 29 heavy (non-hydrogen) atoms. The summed E-state index contributed by atoms with van der Waals surface area (Å²) in [5, 5.41) is 3.60. The molecular weight excluding hydrogens is 384 g/mol. The van der Waals surface area contributed by atoms with Crippen LogP contribution in [0.2, 0.25) is 0 Å². The normalized spacial score (nSPS) is 15.7. The van der Waals surface area contributed by atoms with Crippen LogP contribution in [-0.4, -0.2) is 53.5 Å². The van der Waals surface area contributed by atoms with Gasteiger partial charge in [0.25, 0.3) is 5.56 Å². The molecule has 2 aromatic heterocycles. The Bertz CT molecular complexity index is 1110. The van der Waals surface area contributed by atoms with Crippen molar-refractivity contribution in [2.45, 2.75) is 13.5 Å². The molecule has 0 radical (unpaired) electrons. The van der Waals surface area contributed by atoms with Crippen LogP contribution in [0.5, 0.6) is 0 Å². The summed E-state index contributed by atoms with van der Waals surface area (Å²) in [6.45, 7) is 6.63. The van der Waals surface area contributed by atoms with Gasteiger partial charge in [0.15, 0.2) is 0 Å². The monoisotopic (exact) mass is 410 g/mol. The highest BCUT2D eigenvalue weighted by atomic mass is 32.1. The fraction of sp³-hybridized carbons (Fsp3) is 0.364. The molecule has 0 unspecified atom stereocenters. The Balaban J connectivity index is 1.73. The van der Waals surface area contributed by atoms with Crippen LogP contribution in [0.3, 0.4) is 0 Å². The molecule has 1 aliphatic rings. The van der Waals surface area contributed by atoms with Crippen LogP contribution < -0.4 is 10.9 Å². The van der Waals surface area contributed by atoms with Gasteiger partial charge in [0.05, 0.1) is 5.39 Å². The van der Waals surface area contributed by atoms with Gasteiger partial charge in [-0.15, -0.1) is 11.3 Å². The number of fused-ring (bicyclic) bond motifs is 1. The largest absolute Gasteiger partial charge is 0.326 e. The maximum absolute atomic E-state index is 12.8. The molecule has 1 saturated heterocycles. The quantitative estimate of drug-likeness (QED) is 0.719. The summed E-state index contributed by atoms with van der Waals surface area (Å²) < 4.78 is 2.66. The molecule has 1 amide bonds. The molecule has 6 nitrogen and oxygen atoms in total. The molecule has 1 aliphatic heterocycles. The first-order valence-electron chi connectivity index (χ1n) is 9.81. The van der Waals surface area contributed by atoms with Gasteiger partial charge in [-0.25, -0.2) is 0 Å². The second kappa shape index (κ2) is 8.10. The molecule has 1 N–H and O–H groups in total. The van der Waals surface area contributed by atoms with E-state index in [1.165, 1.54) is 11.8 Å². The van der Waals surface area contributed by atoms with Gasteiger partial charge in [-0.1, -0.05) is 12.1 Å². The molecule has 7 heteroatoms. The van der Waals surface area contributed by atoms with Crippen molar-refractivity contribution in [1.29, 1.82) is 0 Å². The highest BCUT2D eigenvalue weighted by Gasteiger charge is 2.18. The number of hydrogen-bond acceptors (Lipinski definition) is 5. The first-order chi connectivity index (χ1) is 13.9. The fourth-order valence-corrected chi connectivity index (χ4v) is 5.00. The average molecular weight is 411 g/mol. The third kappa shape index (κ3) is 4.27. The van der Waals surface area contributed by atoms with Gasteiger partial charge in [-0.2, -0.15) is 0 Å². The second-order valence-electron chi connectivity index (χ2n) is 7.76. The van der Waals surface area contributed by atoms with E-state index in [-0.39, 0.29) is 11.5 Å². The average Bonchev–Trinajstić information content (AvgIpc) is 3.10. The number of anilines is 1. The number of nitrogens with one attached hydrogen (secondary N) is 1. The topological polar surface area (TPSA) is 57.6 Å². The minimum absolute atomic E-state index is 0.0302. The van der Waals surface area contributed by atoms with Gasteiger partial charge in [0.2, 0.25) is 5.91 Å². The summed E-state index contributed by atoms with van der Waals surface area (Å²) in [4.78, 5) is 30.2. The lowest BCUT2D eigenvalue weighted by atomic mass is 10.1.